The van der Waals surface area contributed by atoms with E-state index in [1.165, 1.54) is 13.0 Å². The molecule has 1 aliphatic carbocycles. The second-order valence-electron chi connectivity index (χ2n) is 5.44. The first kappa shape index (κ1) is 11.0. The zero-order valence-electron chi connectivity index (χ0n) is 9.63. The highest BCUT2D eigenvalue weighted by Crippen LogP contribution is 2.39. The number of rotatable bonds is 4. The normalized spacial score (nSPS) is 28.2. The van der Waals surface area contributed by atoms with Gasteiger partial charge < -0.3 is 9.64 Å². The standard InChI is InChI=1S/C11H23NO/c1-11(2,3)13-8-10-6-9(10)7-12(4)5/h9-10H,6-8H2,1-5H3. The van der Waals surface area contributed by atoms with Gasteiger partial charge in [0.2, 0.25) is 0 Å². The van der Waals surface area contributed by atoms with E-state index >= 15 is 0 Å². The Morgan fingerprint density at radius 1 is 1.23 bits per heavy atom. The van der Waals surface area contributed by atoms with Gasteiger partial charge in [0.1, 0.15) is 0 Å². The van der Waals surface area contributed by atoms with Crippen molar-refractivity contribution in [2.24, 2.45) is 11.8 Å². The third-order valence-electron chi connectivity index (χ3n) is 2.40. The fourth-order valence-corrected chi connectivity index (χ4v) is 1.56. The molecule has 1 saturated carbocycles. The molecule has 0 heterocycles. The van der Waals surface area contributed by atoms with Gasteiger partial charge in [-0.25, -0.2) is 0 Å². The van der Waals surface area contributed by atoms with E-state index in [9.17, 15) is 0 Å². The third kappa shape index (κ3) is 4.63. The summed E-state index contributed by atoms with van der Waals surface area (Å²) in [6.45, 7) is 8.53. The highest BCUT2D eigenvalue weighted by Gasteiger charge is 2.37. The predicted molar refractivity (Wildman–Crippen MR) is 55.9 cm³/mol. The van der Waals surface area contributed by atoms with Gasteiger partial charge in [-0.15, -0.1) is 0 Å². The quantitative estimate of drug-likeness (QED) is 0.664. The van der Waals surface area contributed by atoms with Crippen molar-refractivity contribution in [2.75, 3.05) is 27.2 Å². The van der Waals surface area contributed by atoms with Gasteiger partial charge in [-0.1, -0.05) is 0 Å². The molecule has 1 aliphatic rings. The lowest BCUT2D eigenvalue weighted by Gasteiger charge is -2.19. The average Bonchev–Trinajstić information content (AvgIpc) is 2.60. The number of hydrogen-bond acceptors (Lipinski definition) is 2. The molecule has 2 nitrogen and oxygen atoms in total. The fourth-order valence-electron chi connectivity index (χ4n) is 1.56. The maximum absolute atomic E-state index is 5.75. The van der Waals surface area contributed by atoms with Crippen LogP contribution in [0, 0.1) is 11.8 Å². The van der Waals surface area contributed by atoms with Crippen LogP contribution >= 0.6 is 0 Å². The molecule has 1 rings (SSSR count). The smallest absolute Gasteiger partial charge is 0.0598 e. The summed E-state index contributed by atoms with van der Waals surface area (Å²) < 4.78 is 5.75. The van der Waals surface area contributed by atoms with Gasteiger partial charge >= 0.3 is 0 Å². The molecule has 78 valence electrons. The van der Waals surface area contributed by atoms with Crippen molar-refractivity contribution < 1.29 is 4.74 Å². The molecule has 0 saturated heterocycles. The van der Waals surface area contributed by atoms with Gasteiger partial charge in [0.05, 0.1) is 12.2 Å². The summed E-state index contributed by atoms with van der Waals surface area (Å²) >= 11 is 0. The van der Waals surface area contributed by atoms with E-state index in [0.29, 0.717) is 0 Å². The molecule has 0 aromatic carbocycles. The van der Waals surface area contributed by atoms with Crippen LogP contribution in [0.2, 0.25) is 0 Å². The summed E-state index contributed by atoms with van der Waals surface area (Å²) in [5.41, 5.74) is 0.0330. The molecular formula is C11H23NO. The highest BCUT2D eigenvalue weighted by molar-refractivity contribution is 4.88. The van der Waals surface area contributed by atoms with Crippen LogP contribution in [0.3, 0.4) is 0 Å². The number of ether oxygens (including phenoxy) is 1. The van der Waals surface area contributed by atoms with Crippen molar-refractivity contribution in [1.82, 2.24) is 4.90 Å². The second kappa shape index (κ2) is 3.97. The molecular weight excluding hydrogens is 162 g/mol. The zero-order valence-corrected chi connectivity index (χ0v) is 9.63. The van der Waals surface area contributed by atoms with E-state index in [1.54, 1.807) is 0 Å². The maximum atomic E-state index is 5.75. The molecule has 0 amide bonds. The summed E-state index contributed by atoms with van der Waals surface area (Å²) in [6.07, 6.45) is 1.36. The van der Waals surface area contributed by atoms with Crippen molar-refractivity contribution in [2.45, 2.75) is 32.8 Å². The number of hydrogen-bond donors (Lipinski definition) is 0. The van der Waals surface area contributed by atoms with Crippen LogP contribution in [0.25, 0.3) is 0 Å². The van der Waals surface area contributed by atoms with Crippen LogP contribution in [-0.4, -0.2) is 37.7 Å². The Hall–Kier alpha value is -0.0800. The van der Waals surface area contributed by atoms with E-state index in [2.05, 4.69) is 39.8 Å². The first-order chi connectivity index (χ1) is 5.88. The molecule has 0 aromatic heterocycles. The zero-order chi connectivity index (χ0) is 10.1. The van der Waals surface area contributed by atoms with Gasteiger partial charge in [-0.05, 0) is 53.1 Å². The minimum absolute atomic E-state index is 0.0330. The molecule has 0 aromatic rings. The predicted octanol–water partition coefficient (Wildman–Crippen LogP) is 2.00. The van der Waals surface area contributed by atoms with Gasteiger partial charge in [0, 0.05) is 6.54 Å². The van der Waals surface area contributed by atoms with Gasteiger partial charge in [-0.3, -0.25) is 0 Å². The summed E-state index contributed by atoms with van der Waals surface area (Å²) in [5, 5.41) is 0. The molecule has 2 atom stereocenters. The van der Waals surface area contributed by atoms with Crippen molar-refractivity contribution in [1.29, 1.82) is 0 Å². The van der Waals surface area contributed by atoms with Crippen LogP contribution in [0.4, 0.5) is 0 Å². The average molecular weight is 185 g/mol. The lowest BCUT2D eigenvalue weighted by molar-refractivity contribution is -0.0109. The first-order valence-corrected chi connectivity index (χ1v) is 5.17. The Bertz CT molecular complexity index is 160. The van der Waals surface area contributed by atoms with Crippen LogP contribution in [0.5, 0.6) is 0 Å². The topological polar surface area (TPSA) is 12.5 Å². The minimum Gasteiger partial charge on any atom is -0.376 e. The Labute approximate surface area is 82.3 Å². The second-order valence-corrected chi connectivity index (χ2v) is 5.44. The van der Waals surface area contributed by atoms with E-state index in [-0.39, 0.29) is 5.60 Å². The summed E-state index contributed by atoms with van der Waals surface area (Å²) in [5.74, 6) is 1.71. The lowest BCUT2D eigenvalue weighted by Crippen LogP contribution is -2.22. The van der Waals surface area contributed by atoms with E-state index in [0.717, 1.165) is 18.4 Å². The summed E-state index contributed by atoms with van der Waals surface area (Å²) in [4.78, 5) is 2.27. The molecule has 1 fully saturated rings. The number of nitrogens with zero attached hydrogens (tertiary/aromatic N) is 1. The summed E-state index contributed by atoms with van der Waals surface area (Å²) in [7, 11) is 4.28. The van der Waals surface area contributed by atoms with Crippen LogP contribution < -0.4 is 0 Å². The monoisotopic (exact) mass is 185 g/mol. The van der Waals surface area contributed by atoms with Gasteiger partial charge in [0.15, 0.2) is 0 Å². The van der Waals surface area contributed by atoms with Gasteiger partial charge in [-0.2, -0.15) is 0 Å². The van der Waals surface area contributed by atoms with Crippen LogP contribution in [0.1, 0.15) is 27.2 Å². The Morgan fingerprint density at radius 3 is 2.31 bits per heavy atom. The van der Waals surface area contributed by atoms with Crippen LogP contribution in [-0.2, 0) is 4.74 Å². The molecule has 0 spiro atoms. The molecule has 0 bridgehead atoms. The van der Waals surface area contributed by atoms with Crippen molar-refractivity contribution in [3.63, 3.8) is 0 Å². The Balaban J connectivity index is 2.08. The first-order valence-electron chi connectivity index (χ1n) is 5.17. The fraction of sp³-hybridized carbons (Fsp3) is 1.00. The van der Waals surface area contributed by atoms with E-state index < -0.39 is 0 Å². The molecule has 13 heavy (non-hydrogen) atoms. The van der Waals surface area contributed by atoms with Gasteiger partial charge in [0.25, 0.3) is 0 Å². The Morgan fingerprint density at radius 2 is 1.85 bits per heavy atom. The van der Waals surface area contributed by atoms with Crippen molar-refractivity contribution in [3.05, 3.63) is 0 Å². The van der Waals surface area contributed by atoms with Crippen LogP contribution in [0.15, 0.2) is 0 Å². The molecule has 2 unspecified atom stereocenters. The van der Waals surface area contributed by atoms with E-state index in [1.807, 2.05) is 0 Å². The summed E-state index contributed by atoms with van der Waals surface area (Å²) in [6, 6.07) is 0. The maximum Gasteiger partial charge on any atom is 0.0598 e. The minimum atomic E-state index is 0.0330. The van der Waals surface area contributed by atoms with Crippen molar-refractivity contribution in [3.8, 4) is 0 Å². The molecule has 0 radical (unpaired) electrons. The lowest BCUT2D eigenvalue weighted by atomic mass is 10.2. The Kier molecular flexibility index (Phi) is 3.36. The van der Waals surface area contributed by atoms with Crippen molar-refractivity contribution >= 4 is 0 Å². The SMILES string of the molecule is CN(C)CC1CC1COC(C)(C)C. The molecule has 2 heteroatoms. The largest absolute Gasteiger partial charge is 0.376 e. The third-order valence-corrected chi connectivity index (χ3v) is 2.40. The van der Waals surface area contributed by atoms with E-state index in [4.69, 9.17) is 4.74 Å². The molecule has 0 N–H and O–H groups in total. The highest BCUT2D eigenvalue weighted by atomic mass is 16.5. The molecule has 0 aliphatic heterocycles.